The Morgan fingerprint density at radius 1 is 0.609 bits per heavy atom. The summed E-state index contributed by atoms with van der Waals surface area (Å²) in [5.74, 6) is 0.127. The number of nitrogens with two attached hydrogens (primary N) is 4. The average molecular weight is 333 g/mol. The lowest BCUT2D eigenvalue weighted by Crippen LogP contribution is -2.21. The molecule has 7 heteroatoms. The molecular weight excluding hydrogens is 312 g/mol. The Labute approximate surface area is 141 Å². The molecular formula is C16H21ClN6. The normalized spacial score (nSPS) is 9.57. The van der Waals surface area contributed by atoms with Crippen LogP contribution in [-0.4, -0.2) is 11.9 Å². The minimum Gasteiger partial charge on any atom is -0.370 e. The molecule has 0 atom stereocenters. The smallest absolute Gasteiger partial charge is 0.191 e. The average Bonchev–Trinajstić information content (AvgIpc) is 2.47. The van der Waals surface area contributed by atoms with E-state index in [-0.39, 0.29) is 24.3 Å². The number of hydrogen-bond acceptors (Lipinski definition) is 2. The van der Waals surface area contributed by atoms with Crippen LogP contribution in [0.15, 0.2) is 58.5 Å². The fourth-order valence-electron chi connectivity index (χ4n) is 2.06. The van der Waals surface area contributed by atoms with Crippen LogP contribution in [0.25, 0.3) is 0 Å². The fourth-order valence-corrected chi connectivity index (χ4v) is 2.06. The van der Waals surface area contributed by atoms with Crippen molar-refractivity contribution in [3.05, 3.63) is 59.7 Å². The summed E-state index contributed by atoms with van der Waals surface area (Å²) in [4.78, 5) is 7.98. The van der Waals surface area contributed by atoms with Gasteiger partial charge in [-0.15, -0.1) is 12.4 Å². The first-order valence-corrected chi connectivity index (χ1v) is 6.90. The van der Waals surface area contributed by atoms with Crippen LogP contribution in [0.2, 0.25) is 0 Å². The molecule has 0 spiro atoms. The predicted molar refractivity (Wildman–Crippen MR) is 98.5 cm³/mol. The van der Waals surface area contributed by atoms with Crippen molar-refractivity contribution in [3.63, 3.8) is 0 Å². The summed E-state index contributed by atoms with van der Waals surface area (Å²) in [6.45, 7) is 0. The quantitative estimate of drug-likeness (QED) is 0.490. The molecule has 0 heterocycles. The summed E-state index contributed by atoms with van der Waals surface area (Å²) in [6.07, 6.45) is 1.87. The summed E-state index contributed by atoms with van der Waals surface area (Å²) in [5.41, 5.74) is 25.3. The van der Waals surface area contributed by atoms with Gasteiger partial charge in [-0.3, -0.25) is 0 Å². The van der Waals surface area contributed by atoms with Crippen molar-refractivity contribution in [2.75, 3.05) is 0 Å². The number of halogens is 1. The molecule has 8 N–H and O–H groups in total. The molecule has 0 bridgehead atoms. The number of aliphatic imine (C=N–C) groups is 2. The summed E-state index contributed by atoms with van der Waals surface area (Å²) in [5, 5.41) is 0. The van der Waals surface area contributed by atoms with Gasteiger partial charge in [0.2, 0.25) is 0 Å². The monoisotopic (exact) mass is 332 g/mol. The van der Waals surface area contributed by atoms with E-state index in [1.807, 2.05) is 48.5 Å². The highest BCUT2D eigenvalue weighted by Gasteiger charge is 1.98. The second kappa shape index (κ2) is 8.65. The van der Waals surface area contributed by atoms with Gasteiger partial charge in [0.05, 0.1) is 11.4 Å². The van der Waals surface area contributed by atoms with Crippen molar-refractivity contribution < 1.29 is 0 Å². The van der Waals surface area contributed by atoms with Gasteiger partial charge in [-0.2, -0.15) is 0 Å². The van der Waals surface area contributed by atoms with Crippen LogP contribution in [0.5, 0.6) is 0 Å². The van der Waals surface area contributed by atoms with Crippen LogP contribution < -0.4 is 22.9 Å². The Morgan fingerprint density at radius 3 is 1.17 bits per heavy atom. The zero-order valence-electron chi connectivity index (χ0n) is 12.6. The maximum absolute atomic E-state index is 5.34. The first-order chi connectivity index (χ1) is 10.5. The van der Waals surface area contributed by atoms with E-state index in [4.69, 9.17) is 22.9 Å². The van der Waals surface area contributed by atoms with Crippen LogP contribution in [0.4, 0.5) is 11.4 Å². The van der Waals surface area contributed by atoms with E-state index in [9.17, 15) is 0 Å². The molecule has 0 aliphatic heterocycles. The molecule has 0 aromatic heterocycles. The number of guanidine groups is 2. The highest BCUT2D eigenvalue weighted by Crippen LogP contribution is 2.16. The SMILES string of the molecule is Cl.NC(N)=Nc1ccc(CCc2ccc(N=C(N)N)cc2)cc1. The standard InChI is InChI=1S/C16H20N6.ClH/c17-15(18)21-13-7-3-11(4-8-13)1-2-12-5-9-14(10-6-12)22-16(19)20;/h3-10H,1-2H2,(H4,17,18,21)(H4,19,20,22);1H. The summed E-state index contributed by atoms with van der Waals surface area (Å²) < 4.78 is 0. The van der Waals surface area contributed by atoms with Crippen LogP contribution in [0.1, 0.15) is 11.1 Å². The first-order valence-electron chi connectivity index (χ1n) is 6.90. The van der Waals surface area contributed by atoms with Gasteiger partial charge in [0.15, 0.2) is 11.9 Å². The molecule has 0 saturated heterocycles. The molecule has 6 nitrogen and oxygen atoms in total. The molecule has 0 aliphatic carbocycles. The van der Waals surface area contributed by atoms with Gasteiger partial charge in [0.1, 0.15) is 0 Å². The number of benzene rings is 2. The number of hydrogen-bond donors (Lipinski definition) is 4. The zero-order chi connectivity index (χ0) is 15.9. The van der Waals surface area contributed by atoms with Crippen LogP contribution >= 0.6 is 12.4 Å². The molecule has 0 saturated carbocycles. The topological polar surface area (TPSA) is 129 Å². The molecule has 2 rings (SSSR count). The lowest BCUT2D eigenvalue weighted by molar-refractivity contribution is 0.960. The molecule has 2 aromatic rings. The summed E-state index contributed by atoms with van der Waals surface area (Å²) >= 11 is 0. The van der Waals surface area contributed by atoms with E-state index < -0.39 is 0 Å². The molecule has 0 fully saturated rings. The van der Waals surface area contributed by atoms with Gasteiger partial charge in [0.25, 0.3) is 0 Å². The van der Waals surface area contributed by atoms with Crippen molar-refractivity contribution in [2.45, 2.75) is 12.8 Å². The predicted octanol–water partition coefficient (Wildman–Crippen LogP) is 1.70. The van der Waals surface area contributed by atoms with E-state index in [0.29, 0.717) is 0 Å². The highest BCUT2D eigenvalue weighted by atomic mass is 35.5. The van der Waals surface area contributed by atoms with E-state index in [2.05, 4.69) is 9.98 Å². The van der Waals surface area contributed by atoms with Gasteiger partial charge in [-0.05, 0) is 48.2 Å². The van der Waals surface area contributed by atoms with Gasteiger partial charge < -0.3 is 22.9 Å². The van der Waals surface area contributed by atoms with Gasteiger partial charge in [-0.1, -0.05) is 24.3 Å². The number of aryl methyl sites for hydroxylation is 2. The first kappa shape index (κ1) is 18.3. The maximum Gasteiger partial charge on any atom is 0.191 e. The minimum absolute atomic E-state index is 0. The van der Waals surface area contributed by atoms with E-state index in [1.165, 1.54) is 11.1 Å². The van der Waals surface area contributed by atoms with Crippen LogP contribution in [0, 0.1) is 0 Å². The third-order valence-corrected chi connectivity index (χ3v) is 3.09. The largest absolute Gasteiger partial charge is 0.370 e. The van der Waals surface area contributed by atoms with Gasteiger partial charge in [-0.25, -0.2) is 9.98 Å². The molecule has 23 heavy (non-hydrogen) atoms. The second-order valence-electron chi connectivity index (χ2n) is 4.91. The van der Waals surface area contributed by atoms with Crippen molar-refractivity contribution in [3.8, 4) is 0 Å². The lowest BCUT2D eigenvalue weighted by Gasteiger charge is -2.04. The Kier molecular flexibility index (Phi) is 6.89. The molecule has 2 aromatic carbocycles. The molecule has 0 aliphatic rings. The van der Waals surface area contributed by atoms with E-state index >= 15 is 0 Å². The third kappa shape index (κ3) is 6.27. The maximum atomic E-state index is 5.34. The van der Waals surface area contributed by atoms with Crippen molar-refractivity contribution in [1.82, 2.24) is 0 Å². The molecule has 0 radical (unpaired) electrons. The minimum atomic E-state index is 0. The van der Waals surface area contributed by atoms with Gasteiger partial charge in [0, 0.05) is 0 Å². The Balaban J connectivity index is 0.00000264. The summed E-state index contributed by atoms with van der Waals surface area (Å²) in [6, 6.07) is 15.7. The zero-order valence-corrected chi connectivity index (χ0v) is 13.5. The fraction of sp³-hybridized carbons (Fsp3) is 0.125. The van der Waals surface area contributed by atoms with E-state index in [0.717, 1.165) is 24.2 Å². The number of rotatable bonds is 5. The highest BCUT2D eigenvalue weighted by molar-refractivity contribution is 5.85. The molecule has 0 unspecified atom stereocenters. The van der Waals surface area contributed by atoms with Crippen LogP contribution in [-0.2, 0) is 12.8 Å². The Bertz CT molecular complexity index is 607. The third-order valence-electron chi connectivity index (χ3n) is 3.09. The molecule has 0 amide bonds. The second-order valence-corrected chi connectivity index (χ2v) is 4.91. The van der Waals surface area contributed by atoms with Crippen LogP contribution in [0.3, 0.4) is 0 Å². The Hall–Kier alpha value is -2.73. The summed E-state index contributed by atoms with van der Waals surface area (Å²) in [7, 11) is 0. The van der Waals surface area contributed by atoms with Crippen molar-refractivity contribution >= 4 is 35.7 Å². The van der Waals surface area contributed by atoms with Gasteiger partial charge >= 0.3 is 0 Å². The van der Waals surface area contributed by atoms with Crippen molar-refractivity contribution in [2.24, 2.45) is 32.9 Å². The lowest BCUT2D eigenvalue weighted by atomic mass is 10.0. The van der Waals surface area contributed by atoms with E-state index in [1.54, 1.807) is 0 Å². The van der Waals surface area contributed by atoms with Crippen molar-refractivity contribution in [1.29, 1.82) is 0 Å². The molecule has 122 valence electrons. The number of nitrogens with zero attached hydrogens (tertiary/aromatic N) is 2. The Morgan fingerprint density at radius 2 is 0.913 bits per heavy atom.